The number of hydrogen-bond acceptors (Lipinski definition) is 8. The van der Waals surface area contributed by atoms with Gasteiger partial charge >= 0.3 is 21.2 Å². The van der Waals surface area contributed by atoms with Gasteiger partial charge in [0.05, 0.1) is 32.2 Å². The Kier molecular flexibility index (Phi) is 15.1. The normalized spacial score (nSPS) is 12.6. The molecule has 0 aromatic heterocycles. The van der Waals surface area contributed by atoms with E-state index in [0.717, 1.165) is 11.8 Å². The molecule has 0 aliphatic carbocycles. The van der Waals surface area contributed by atoms with Crippen LogP contribution in [0.25, 0.3) is 0 Å². The van der Waals surface area contributed by atoms with Crippen molar-refractivity contribution in [2.45, 2.75) is 58.8 Å². The zero-order valence-electron chi connectivity index (χ0n) is 16.8. The summed E-state index contributed by atoms with van der Waals surface area (Å²) in [6, 6.07) is 0. The summed E-state index contributed by atoms with van der Waals surface area (Å²) in [6.45, 7) is 8.12. The predicted molar refractivity (Wildman–Crippen MR) is 109 cm³/mol. The molecule has 0 saturated heterocycles. The Balaban J connectivity index is 5.80. The van der Waals surface area contributed by atoms with E-state index < -0.39 is 26.6 Å². The molecule has 0 aliphatic heterocycles. The van der Waals surface area contributed by atoms with Crippen molar-refractivity contribution < 1.29 is 37.1 Å². The lowest BCUT2D eigenvalue weighted by Gasteiger charge is -2.31. The number of carboxylic acid groups (broad SMARTS) is 1. The standard InChI is InChI=1S/C16H34O8P2S/c1-5-9-21-25(19,22-10-6-2)16(14-27-13-15(17)18)26(20,23-11-7-3)24-12-8-4/h16H,5-14H2,1-4H3,(H,17,18). The topological polar surface area (TPSA) is 108 Å². The Labute approximate surface area is 167 Å². The van der Waals surface area contributed by atoms with Crippen LogP contribution in [0.1, 0.15) is 53.4 Å². The fourth-order valence-electron chi connectivity index (χ4n) is 1.90. The molecule has 0 unspecified atom stereocenters. The second-order valence-electron chi connectivity index (χ2n) is 5.80. The van der Waals surface area contributed by atoms with Crippen LogP contribution in [-0.4, -0.2) is 54.4 Å². The van der Waals surface area contributed by atoms with Crippen LogP contribution in [-0.2, 0) is 32.0 Å². The van der Waals surface area contributed by atoms with Gasteiger partial charge in [0.25, 0.3) is 0 Å². The molecular weight excluding hydrogens is 414 g/mol. The van der Waals surface area contributed by atoms with E-state index in [1.54, 1.807) is 0 Å². The lowest BCUT2D eigenvalue weighted by molar-refractivity contribution is -0.133. The number of aliphatic carboxylic acids is 1. The number of thioether (sulfide) groups is 1. The average Bonchev–Trinajstić information content (AvgIpc) is 2.64. The van der Waals surface area contributed by atoms with Gasteiger partial charge in [-0.2, -0.15) is 0 Å². The number of rotatable bonds is 18. The summed E-state index contributed by atoms with van der Waals surface area (Å²) in [5.41, 5.74) is 0. The smallest absolute Gasteiger partial charge is 0.346 e. The fourth-order valence-corrected chi connectivity index (χ4v) is 9.27. The van der Waals surface area contributed by atoms with Crippen LogP contribution in [0.5, 0.6) is 0 Å². The van der Waals surface area contributed by atoms with Crippen LogP contribution < -0.4 is 0 Å². The van der Waals surface area contributed by atoms with Gasteiger partial charge < -0.3 is 23.2 Å². The van der Waals surface area contributed by atoms with Gasteiger partial charge in [0.2, 0.25) is 0 Å². The SMILES string of the molecule is CCCOP(=O)(OCCC)C(CSCC(=O)O)P(=O)(OCCC)OCCC. The van der Waals surface area contributed by atoms with Crippen molar-refractivity contribution in [3.05, 3.63) is 0 Å². The van der Waals surface area contributed by atoms with E-state index in [9.17, 15) is 13.9 Å². The second-order valence-corrected chi connectivity index (χ2v) is 11.7. The molecule has 0 atom stereocenters. The molecule has 0 aliphatic rings. The summed E-state index contributed by atoms with van der Waals surface area (Å²) in [7, 11) is -7.70. The Morgan fingerprint density at radius 1 is 0.815 bits per heavy atom. The molecule has 8 nitrogen and oxygen atoms in total. The van der Waals surface area contributed by atoms with Gasteiger partial charge in [-0.1, -0.05) is 27.7 Å². The highest BCUT2D eigenvalue weighted by atomic mass is 32.2. The first kappa shape index (κ1) is 27.1. The van der Waals surface area contributed by atoms with Crippen LogP contribution in [0.4, 0.5) is 0 Å². The third kappa shape index (κ3) is 10.5. The van der Waals surface area contributed by atoms with Crippen LogP contribution >= 0.6 is 27.0 Å². The molecule has 0 aromatic carbocycles. The largest absolute Gasteiger partial charge is 0.481 e. The summed E-state index contributed by atoms with van der Waals surface area (Å²) in [4.78, 5) is 10.9. The highest BCUT2D eigenvalue weighted by Gasteiger charge is 2.51. The first-order valence-electron chi connectivity index (χ1n) is 9.36. The van der Waals surface area contributed by atoms with E-state index in [1.165, 1.54) is 0 Å². The zero-order valence-corrected chi connectivity index (χ0v) is 19.4. The van der Waals surface area contributed by atoms with Gasteiger partial charge in [-0.15, -0.1) is 11.8 Å². The Morgan fingerprint density at radius 3 is 1.41 bits per heavy atom. The van der Waals surface area contributed by atoms with Crippen molar-refractivity contribution in [2.24, 2.45) is 0 Å². The van der Waals surface area contributed by atoms with Crippen LogP contribution in [0.15, 0.2) is 0 Å². The Morgan fingerprint density at radius 2 is 1.15 bits per heavy atom. The summed E-state index contributed by atoms with van der Waals surface area (Å²) >= 11 is 0.993. The molecule has 0 saturated carbocycles. The van der Waals surface area contributed by atoms with E-state index in [0.29, 0.717) is 25.7 Å². The minimum atomic E-state index is -3.85. The van der Waals surface area contributed by atoms with Crippen LogP contribution in [0.2, 0.25) is 0 Å². The van der Waals surface area contributed by atoms with Gasteiger partial charge in [0, 0.05) is 5.75 Å². The van der Waals surface area contributed by atoms with Gasteiger partial charge in [-0.25, -0.2) is 0 Å². The molecule has 0 bridgehead atoms. The monoisotopic (exact) mass is 448 g/mol. The van der Waals surface area contributed by atoms with Gasteiger partial charge in [-0.05, 0) is 25.7 Å². The summed E-state index contributed by atoms with van der Waals surface area (Å²) in [5.74, 6) is -1.27. The van der Waals surface area contributed by atoms with E-state index in [4.69, 9.17) is 23.2 Å². The molecule has 0 fully saturated rings. The van der Waals surface area contributed by atoms with Crippen molar-refractivity contribution in [1.82, 2.24) is 0 Å². The van der Waals surface area contributed by atoms with E-state index in [2.05, 4.69) is 0 Å². The molecule has 0 amide bonds. The molecule has 0 spiro atoms. The van der Waals surface area contributed by atoms with Crippen molar-refractivity contribution in [1.29, 1.82) is 0 Å². The molecule has 27 heavy (non-hydrogen) atoms. The van der Waals surface area contributed by atoms with Gasteiger partial charge in [-0.3, -0.25) is 13.9 Å². The van der Waals surface area contributed by atoms with E-state index >= 15 is 0 Å². The third-order valence-corrected chi connectivity index (χ3v) is 10.3. The Hall–Kier alpha value is 0.120. The fraction of sp³-hybridized carbons (Fsp3) is 0.938. The summed E-state index contributed by atoms with van der Waals surface area (Å²) in [5, 5.41) is 7.74. The van der Waals surface area contributed by atoms with Crippen molar-refractivity contribution in [2.75, 3.05) is 37.9 Å². The maximum Gasteiger partial charge on any atom is 0.346 e. The number of hydrogen-bond donors (Lipinski definition) is 1. The molecule has 0 rings (SSSR count). The lowest BCUT2D eigenvalue weighted by Crippen LogP contribution is -2.21. The van der Waals surface area contributed by atoms with Crippen LogP contribution in [0.3, 0.4) is 0 Å². The zero-order chi connectivity index (χ0) is 20.8. The molecule has 162 valence electrons. The third-order valence-electron chi connectivity index (χ3n) is 3.12. The summed E-state index contributed by atoms with van der Waals surface area (Å²) in [6.07, 6.45) is 2.41. The molecule has 0 heterocycles. The predicted octanol–water partition coefficient (Wildman–Crippen LogP) is 5.22. The van der Waals surface area contributed by atoms with E-state index in [1.807, 2.05) is 27.7 Å². The minimum Gasteiger partial charge on any atom is -0.481 e. The van der Waals surface area contributed by atoms with Crippen molar-refractivity contribution >= 4 is 32.9 Å². The molecular formula is C16H34O8P2S. The first-order valence-corrected chi connectivity index (χ1v) is 13.7. The maximum atomic E-state index is 13.5. The minimum absolute atomic E-state index is 0.0261. The number of carboxylic acids is 1. The molecule has 1 N–H and O–H groups in total. The molecule has 0 aromatic rings. The highest BCUT2D eigenvalue weighted by molar-refractivity contribution is 8.00. The van der Waals surface area contributed by atoms with Crippen LogP contribution in [0, 0.1) is 0 Å². The maximum absolute atomic E-state index is 13.5. The number of carbonyl (C=O) groups is 1. The highest BCUT2D eigenvalue weighted by Crippen LogP contribution is 2.71. The Bertz CT molecular complexity index is 445. The summed E-state index contributed by atoms with van der Waals surface area (Å²) < 4.78 is 49.3. The lowest BCUT2D eigenvalue weighted by atomic mass is 10.5. The average molecular weight is 448 g/mol. The van der Waals surface area contributed by atoms with Crippen molar-refractivity contribution in [3.63, 3.8) is 0 Å². The first-order chi connectivity index (χ1) is 12.8. The molecule has 0 radical (unpaired) electrons. The second kappa shape index (κ2) is 15.0. The van der Waals surface area contributed by atoms with Gasteiger partial charge in [0.1, 0.15) is 0 Å². The van der Waals surface area contributed by atoms with E-state index in [-0.39, 0.29) is 37.9 Å². The quantitative estimate of drug-likeness (QED) is 0.282. The van der Waals surface area contributed by atoms with Crippen molar-refractivity contribution in [3.8, 4) is 0 Å². The molecule has 11 heteroatoms. The van der Waals surface area contributed by atoms with Gasteiger partial charge in [0.15, 0.2) is 5.40 Å².